The summed E-state index contributed by atoms with van der Waals surface area (Å²) in [6.07, 6.45) is 1.45. The second-order valence-electron chi connectivity index (χ2n) is 3.50. The Balaban J connectivity index is 2.21. The summed E-state index contributed by atoms with van der Waals surface area (Å²) in [5.74, 6) is -3.00. The highest BCUT2D eigenvalue weighted by atomic mass is 19.2. The van der Waals surface area contributed by atoms with Crippen molar-refractivity contribution in [1.82, 2.24) is 4.98 Å². The van der Waals surface area contributed by atoms with Crippen LogP contribution in [-0.2, 0) is 6.61 Å². The lowest BCUT2D eigenvalue weighted by Crippen LogP contribution is -2.05. The zero-order valence-corrected chi connectivity index (χ0v) is 9.16. The van der Waals surface area contributed by atoms with Crippen LogP contribution in [0.3, 0.4) is 0 Å². The van der Waals surface area contributed by atoms with Crippen LogP contribution in [-0.4, -0.2) is 4.98 Å². The number of hydrogen-bond acceptors (Lipinski definition) is 3. The molecule has 2 N–H and O–H groups in total. The Morgan fingerprint density at radius 3 is 2.56 bits per heavy atom. The van der Waals surface area contributed by atoms with Gasteiger partial charge in [-0.2, -0.15) is 0 Å². The molecular weight excluding hydrogens is 245 g/mol. The van der Waals surface area contributed by atoms with Gasteiger partial charge in [0.05, 0.1) is 5.56 Å². The Labute approximate surface area is 101 Å². The van der Waals surface area contributed by atoms with Crippen LogP contribution in [0.5, 0.6) is 5.75 Å². The molecule has 1 heterocycles. The Bertz CT molecular complexity index is 575. The Morgan fingerprint density at radius 2 is 1.83 bits per heavy atom. The third-order valence-corrected chi connectivity index (χ3v) is 2.31. The van der Waals surface area contributed by atoms with Crippen LogP contribution in [0.2, 0.25) is 0 Å². The molecule has 0 aliphatic carbocycles. The van der Waals surface area contributed by atoms with Gasteiger partial charge in [0.15, 0.2) is 23.2 Å². The highest BCUT2D eigenvalue weighted by Gasteiger charge is 2.14. The highest BCUT2D eigenvalue weighted by Crippen LogP contribution is 2.21. The molecule has 0 radical (unpaired) electrons. The summed E-state index contributed by atoms with van der Waals surface area (Å²) >= 11 is 0. The molecule has 0 saturated heterocycles. The van der Waals surface area contributed by atoms with Gasteiger partial charge in [-0.1, -0.05) is 0 Å². The molecule has 0 spiro atoms. The van der Waals surface area contributed by atoms with E-state index in [1.54, 1.807) is 6.07 Å². The number of nitrogens with zero attached hydrogens (tertiary/aromatic N) is 1. The molecule has 6 heteroatoms. The molecule has 0 saturated carbocycles. The van der Waals surface area contributed by atoms with E-state index in [1.165, 1.54) is 12.3 Å². The average molecular weight is 254 g/mol. The summed E-state index contributed by atoms with van der Waals surface area (Å²) in [4.78, 5) is 3.75. The molecule has 0 amide bonds. The van der Waals surface area contributed by atoms with Gasteiger partial charge >= 0.3 is 0 Å². The fourth-order valence-corrected chi connectivity index (χ4v) is 1.38. The summed E-state index contributed by atoms with van der Waals surface area (Å²) in [7, 11) is 0. The SMILES string of the molecule is Nc1ncccc1OCc1c(F)ccc(F)c1F. The van der Waals surface area contributed by atoms with E-state index in [9.17, 15) is 13.2 Å². The molecule has 18 heavy (non-hydrogen) atoms. The predicted molar refractivity (Wildman–Crippen MR) is 59.3 cm³/mol. The molecule has 1 aromatic carbocycles. The van der Waals surface area contributed by atoms with Crippen LogP contribution in [0, 0.1) is 17.5 Å². The minimum Gasteiger partial charge on any atom is -0.485 e. The molecule has 2 rings (SSSR count). The van der Waals surface area contributed by atoms with Crippen molar-refractivity contribution in [3.05, 3.63) is 53.5 Å². The number of benzene rings is 1. The van der Waals surface area contributed by atoms with E-state index < -0.39 is 29.6 Å². The fraction of sp³-hybridized carbons (Fsp3) is 0.0833. The van der Waals surface area contributed by atoms with Crippen molar-refractivity contribution in [2.75, 3.05) is 5.73 Å². The zero-order chi connectivity index (χ0) is 13.1. The number of halogens is 3. The summed E-state index contributed by atoms with van der Waals surface area (Å²) < 4.78 is 44.7. The summed E-state index contributed by atoms with van der Waals surface area (Å²) in [5, 5.41) is 0. The minimum absolute atomic E-state index is 0.0923. The van der Waals surface area contributed by atoms with Gasteiger partial charge in [-0.3, -0.25) is 0 Å². The smallest absolute Gasteiger partial charge is 0.168 e. The molecule has 3 nitrogen and oxygen atoms in total. The van der Waals surface area contributed by atoms with Gasteiger partial charge in [0.2, 0.25) is 0 Å². The van der Waals surface area contributed by atoms with Crippen molar-refractivity contribution in [3.8, 4) is 5.75 Å². The van der Waals surface area contributed by atoms with Crippen LogP contribution in [0.4, 0.5) is 19.0 Å². The van der Waals surface area contributed by atoms with E-state index in [0.717, 1.165) is 6.07 Å². The first-order valence-electron chi connectivity index (χ1n) is 5.05. The molecular formula is C12H9F3N2O. The van der Waals surface area contributed by atoms with Crippen molar-refractivity contribution in [2.24, 2.45) is 0 Å². The maximum Gasteiger partial charge on any atom is 0.168 e. The average Bonchev–Trinajstić information content (AvgIpc) is 2.36. The molecule has 0 aliphatic heterocycles. The van der Waals surface area contributed by atoms with Crippen molar-refractivity contribution >= 4 is 5.82 Å². The van der Waals surface area contributed by atoms with Gasteiger partial charge in [0, 0.05) is 6.20 Å². The van der Waals surface area contributed by atoms with Gasteiger partial charge in [0.1, 0.15) is 12.4 Å². The third kappa shape index (κ3) is 2.37. The van der Waals surface area contributed by atoms with E-state index in [1.807, 2.05) is 0 Å². The Morgan fingerprint density at radius 1 is 1.11 bits per heavy atom. The van der Waals surface area contributed by atoms with Crippen molar-refractivity contribution in [2.45, 2.75) is 6.61 Å². The number of aromatic nitrogens is 1. The van der Waals surface area contributed by atoms with Gasteiger partial charge in [-0.05, 0) is 24.3 Å². The summed E-state index contributed by atoms with van der Waals surface area (Å²) in [6.45, 7) is -0.467. The molecule has 0 atom stereocenters. The molecule has 2 aromatic rings. The second-order valence-corrected chi connectivity index (χ2v) is 3.50. The van der Waals surface area contributed by atoms with Gasteiger partial charge in [-0.15, -0.1) is 0 Å². The minimum atomic E-state index is -1.27. The standard InChI is InChI=1S/C12H9F3N2O/c13-8-3-4-9(14)11(15)7(8)6-18-10-2-1-5-17-12(10)16/h1-5H,6H2,(H2,16,17). The van der Waals surface area contributed by atoms with Crippen molar-refractivity contribution < 1.29 is 17.9 Å². The van der Waals surface area contributed by atoms with Crippen molar-refractivity contribution in [1.29, 1.82) is 0 Å². The lowest BCUT2D eigenvalue weighted by Gasteiger charge is -2.09. The summed E-state index contributed by atoms with van der Waals surface area (Å²) in [6, 6.07) is 4.61. The number of nitrogens with two attached hydrogens (primary N) is 1. The third-order valence-electron chi connectivity index (χ3n) is 2.31. The maximum atomic E-state index is 13.3. The summed E-state index contributed by atoms with van der Waals surface area (Å²) in [5.41, 5.74) is 5.01. The van der Waals surface area contributed by atoms with Crippen LogP contribution in [0.15, 0.2) is 30.5 Å². The van der Waals surface area contributed by atoms with Gasteiger partial charge in [-0.25, -0.2) is 18.2 Å². The van der Waals surface area contributed by atoms with Crippen LogP contribution in [0.25, 0.3) is 0 Å². The molecule has 94 valence electrons. The van der Waals surface area contributed by atoms with Crippen LogP contribution >= 0.6 is 0 Å². The lowest BCUT2D eigenvalue weighted by molar-refractivity contribution is 0.290. The molecule has 0 bridgehead atoms. The van der Waals surface area contributed by atoms with Crippen LogP contribution in [0.1, 0.15) is 5.56 Å². The monoisotopic (exact) mass is 254 g/mol. The quantitative estimate of drug-likeness (QED) is 0.856. The zero-order valence-electron chi connectivity index (χ0n) is 9.16. The normalized spacial score (nSPS) is 10.4. The molecule has 1 aromatic heterocycles. The second kappa shape index (κ2) is 4.95. The first-order chi connectivity index (χ1) is 8.59. The van der Waals surface area contributed by atoms with E-state index in [-0.39, 0.29) is 11.6 Å². The van der Waals surface area contributed by atoms with E-state index in [2.05, 4.69) is 4.98 Å². The predicted octanol–water partition coefficient (Wildman–Crippen LogP) is 2.66. The van der Waals surface area contributed by atoms with E-state index >= 15 is 0 Å². The number of hydrogen-bond donors (Lipinski definition) is 1. The number of ether oxygens (including phenoxy) is 1. The highest BCUT2D eigenvalue weighted by molar-refractivity contribution is 5.44. The first-order valence-corrected chi connectivity index (χ1v) is 5.05. The first kappa shape index (κ1) is 12.2. The number of anilines is 1. The van der Waals surface area contributed by atoms with Crippen molar-refractivity contribution in [3.63, 3.8) is 0 Å². The Hall–Kier alpha value is -2.24. The number of pyridine rings is 1. The van der Waals surface area contributed by atoms with E-state index in [0.29, 0.717) is 6.07 Å². The van der Waals surface area contributed by atoms with Gasteiger partial charge < -0.3 is 10.5 Å². The largest absolute Gasteiger partial charge is 0.485 e. The fourth-order valence-electron chi connectivity index (χ4n) is 1.38. The van der Waals surface area contributed by atoms with E-state index in [4.69, 9.17) is 10.5 Å². The lowest BCUT2D eigenvalue weighted by atomic mass is 10.2. The van der Waals surface area contributed by atoms with Gasteiger partial charge in [0.25, 0.3) is 0 Å². The number of rotatable bonds is 3. The topological polar surface area (TPSA) is 48.1 Å². The Kier molecular flexibility index (Phi) is 3.36. The molecule has 0 unspecified atom stereocenters. The number of nitrogen functional groups attached to an aromatic ring is 1. The molecule has 0 aliphatic rings. The van der Waals surface area contributed by atoms with Crippen LogP contribution < -0.4 is 10.5 Å². The molecule has 0 fully saturated rings. The maximum absolute atomic E-state index is 13.3.